The lowest BCUT2D eigenvalue weighted by atomic mass is 10.1. The number of sulfonamides is 1. The zero-order valence-electron chi connectivity index (χ0n) is 9.19. The minimum atomic E-state index is -3.20. The van der Waals surface area contributed by atoms with Gasteiger partial charge in [-0.1, -0.05) is 13.8 Å². The Kier molecular flexibility index (Phi) is 3.68. The van der Waals surface area contributed by atoms with Gasteiger partial charge in [-0.15, -0.1) is 0 Å². The molecule has 1 aromatic heterocycles. The lowest BCUT2D eigenvalue weighted by molar-refractivity contribution is 0.606. The average Bonchev–Trinajstić information content (AvgIpc) is 2.05. The van der Waals surface area contributed by atoms with Crippen molar-refractivity contribution in [3.63, 3.8) is 0 Å². The van der Waals surface area contributed by atoms with Crippen LogP contribution in [0.2, 0.25) is 0 Å². The van der Waals surface area contributed by atoms with Crippen LogP contribution in [0.5, 0.6) is 0 Å². The van der Waals surface area contributed by atoms with Crippen LogP contribution in [0.1, 0.15) is 19.5 Å². The Morgan fingerprint density at radius 1 is 1.40 bits per heavy atom. The number of anilines is 1. The third-order valence-corrected chi connectivity index (χ3v) is 2.35. The first-order chi connectivity index (χ1) is 6.87. The highest BCUT2D eigenvalue weighted by atomic mass is 32.2. The van der Waals surface area contributed by atoms with Crippen LogP contribution in [0.3, 0.4) is 0 Å². The Balaban J connectivity index is 2.73. The fraction of sp³-hybridized carbons (Fsp3) is 0.500. The van der Waals surface area contributed by atoms with E-state index in [1.165, 1.54) is 0 Å². The van der Waals surface area contributed by atoms with Crippen molar-refractivity contribution in [3.05, 3.63) is 24.0 Å². The highest BCUT2D eigenvalue weighted by Gasteiger charge is 2.03. The molecule has 0 aliphatic rings. The van der Waals surface area contributed by atoms with Gasteiger partial charge in [0.25, 0.3) is 0 Å². The molecule has 0 saturated heterocycles. The summed E-state index contributed by atoms with van der Waals surface area (Å²) in [5.74, 6) is 0.547. The van der Waals surface area contributed by atoms with E-state index >= 15 is 0 Å². The molecule has 0 saturated carbocycles. The SMILES string of the molecule is CC(C)Cc1ccc(NS(C)(=O)=O)cn1. The topological polar surface area (TPSA) is 59.1 Å². The molecule has 0 fully saturated rings. The zero-order chi connectivity index (χ0) is 11.5. The fourth-order valence-electron chi connectivity index (χ4n) is 1.24. The minimum Gasteiger partial charge on any atom is -0.282 e. The molecule has 0 aliphatic heterocycles. The fourth-order valence-corrected chi connectivity index (χ4v) is 1.79. The molecule has 1 rings (SSSR count). The number of pyridine rings is 1. The predicted molar refractivity (Wildman–Crippen MR) is 61.2 cm³/mol. The van der Waals surface area contributed by atoms with Crippen LogP contribution in [0.15, 0.2) is 18.3 Å². The van der Waals surface area contributed by atoms with Crippen LogP contribution in [0.25, 0.3) is 0 Å². The third-order valence-electron chi connectivity index (χ3n) is 1.75. The second-order valence-electron chi connectivity index (χ2n) is 4.01. The van der Waals surface area contributed by atoms with Crippen molar-refractivity contribution in [2.24, 2.45) is 5.92 Å². The second kappa shape index (κ2) is 4.61. The van der Waals surface area contributed by atoms with Crippen molar-refractivity contribution in [1.29, 1.82) is 0 Å². The summed E-state index contributed by atoms with van der Waals surface area (Å²) in [6, 6.07) is 3.57. The maximum atomic E-state index is 10.9. The average molecular weight is 228 g/mol. The molecule has 0 radical (unpaired) electrons. The maximum absolute atomic E-state index is 10.9. The van der Waals surface area contributed by atoms with Gasteiger partial charge in [-0.25, -0.2) is 8.42 Å². The molecule has 0 unspecified atom stereocenters. The first-order valence-corrected chi connectivity index (χ1v) is 6.68. The van der Waals surface area contributed by atoms with Gasteiger partial charge in [0.15, 0.2) is 0 Å². The number of nitrogens with one attached hydrogen (secondary N) is 1. The maximum Gasteiger partial charge on any atom is 0.229 e. The van der Waals surface area contributed by atoms with Crippen molar-refractivity contribution in [2.75, 3.05) is 11.0 Å². The van der Waals surface area contributed by atoms with Crippen LogP contribution < -0.4 is 4.72 Å². The van der Waals surface area contributed by atoms with E-state index in [4.69, 9.17) is 0 Å². The van der Waals surface area contributed by atoms with Crippen LogP contribution in [0, 0.1) is 5.92 Å². The van der Waals surface area contributed by atoms with Crippen molar-refractivity contribution in [1.82, 2.24) is 4.98 Å². The molecule has 1 N–H and O–H groups in total. The Labute approximate surface area is 90.8 Å². The standard InChI is InChI=1S/C10H16N2O2S/c1-8(2)6-9-4-5-10(7-11-9)12-15(3,13)14/h4-5,7-8,12H,6H2,1-3H3. The summed E-state index contributed by atoms with van der Waals surface area (Å²) in [4.78, 5) is 4.18. The van der Waals surface area contributed by atoms with E-state index in [1.807, 2.05) is 6.07 Å². The highest BCUT2D eigenvalue weighted by Crippen LogP contribution is 2.10. The summed E-state index contributed by atoms with van der Waals surface area (Å²) in [6.45, 7) is 4.23. The molecule has 0 spiro atoms. The summed E-state index contributed by atoms with van der Waals surface area (Å²) in [6.07, 6.45) is 3.56. The van der Waals surface area contributed by atoms with E-state index in [0.29, 0.717) is 11.6 Å². The Morgan fingerprint density at radius 2 is 2.07 bits per heavy atom. The van der Waals surface area contributed by atoms with Gasteiger partial charge in [0, 0.05) is 5.69 Å². The summed E-state index contributed by atoms with van der Waals surface area (Å²) in [5, 5.41) is 0. The van der Waals surface area contributed by atoms with E-state index in [-0.39, 0.29) is 0 Å². The monoisotopic (exact) mass is 228 g/mol. The van der Waals surface area contributed by atoms with Crippen molar-refractivity contribution >= 4 is 15.7 Å². The number of hydrogen-bond acceptors (Lipinski definition) is 3. The smallest absolute Gasteiger partial charge is 0.229 e. The van der Waals surface area contributed by atoms with Gasteiger partial charge in [0.2, 0.25) is 10.0 Å². The number of rotatable bonds is 4. The molecule has 0 aromatic carbocycles. The van der Waals surface area contributed by atoms with Crippen molar-refractivity contribution in [2.45, 2.75) is 20.3 Å². The minimum absolute atomic E-state index is 0.505. The Bertz CT molecular complexity index is 410. The van der Waals surface area contributed by atoms with E-state index in [2.05, 4.69) is 23.6 Å². The summed E-state index contributed by atoms with van der Waals surface area (Å²) in [5.41, 5.74) is 1.48. The Morgan fingerprint density at radius 3 is 2.47 bits per heavy atom. The third kappa shape index (κ3) is 4.78. The normalized spacial score (nSPS) is 11.7. The first-order valence-electron chi connectivity index (χ1n) is 4.79. The molecule has 4 nitrogen and oxygen atoms in total. The van der Waals surface area contributed by atoms with Crippen LogP contribution in [0.4, 0.5) is 5.69 Å². The van der Waals surface area contributed by atoms with E-state index in [1.54, 1.807) is 12.3 Å². The second-order valence-corrected chi connectivity index (χ2v) is 5.76. The van der Waals surface area contributed by atoms with Crippen molar-refractivity contribution < 1.29 is 8.42 Å². The van der Waals surface area contributed by atoms with Gasteiger partial charge in [-0.3, -0.25) is 9.71 Å². The number of aromatic nitrogens is 1. The molecule has 1 aromatic rings. The van der Waals surface area contributed by atoms with Crippen LogP contribution in [-0.2, 0) is 16.4 Å². The van der Waals surface area contributed by atoms with Crippen LogP contribution in [-0.4, -0.2) is 19.7 Å². The lowest BCUT2D eigenvalue weighted by Gasteiger charge is -2.06. The summed E-state index contributed by atoms with van der Waals surface area (Å²) in [7, 11) is -3.20. The van der Waals surface area contributed by atoms with Crippen LogP contribution >= 0.6 is 0 Å². The zero-order valence-corrected chi connectivity index (χ0v) is 10.0. The van der Waals surface area contributed by atoms with E-state index < -0.39 is 10.0 Å². The lowest BCUT2D eigenvalue weighted by Crippen LogP contribution is -2.10. The van der Waals surface area contributed by atoms with Gasteiger partial charge in [-0.2, -0.15) is 0 Å². The van der Waals surface area contributed by atoms with Gasteiger partial charge in [0.1, 0.15) is 0 Å². The molecule has 5 heteroatoms. The first kappa shape index (κ1) is 12.0. The summed E-state index contributed by atoms with van der Waals surface area (Å²) < 4.78 is 24.2. The Hall–Kier alpha value is -1.10. The number of hydrogen-bond donors (Lipinski definition) is 1. The quantitative estimate of drug-likeness (QED) is 0.852. The largest absolute Gasteiger partial charge is 0.282 e. The molecule has 15 heavy (non-hydrogen) atoms. The molecule has 0 bridgehead atoms. The van der Waals surface area contributed by atoms with Gasteiger partial charge >= 0.3 is 0 Å². The molecular weight excluding hydrogens is 212 g/mol. The molecular formula is C10H16N2O2S. The van der Waals surface area contributed by atoms with Gasteiger partial charge < -0.3 is 0 Å². The molecule has 0 aliphatic carbocycles. The predicted octanol–water partition coefficient (Wildman–Crippen LogP) is 1.65. The number of nitrogens with zero attached hydrogens (tertiary/aromatic N) is 1. The van der Waals surface area contributed by atoms with Crippen molar-refractivity contribution in [3.8, 4) is 0 Å². The molecule has 84 valence electrons. The van der Waals surface area contributed by atoms with E-state index in [0.717, 1.165) is 18.4 Å². The highest BCUT2D eigenvalue weighted by molar-refractivity contribution is 7.92. The molecule has 0 atom stereocenters. The summed E-state index contributed by atoms with van der Waals surface area (Å²) >= 11 is 0. The molecule has 1 heterocycles. The van der Waals surface area contributed by atoms with E-state index in [9.17, 15) is 8.42 Å². The van der Waals surface area contributed by atoms with Gasteiger partial charge in [-0.05, 0) is 24.5 Å². The van der Waals surface area contributed by atoms with Gasteiger partial charge in [0.05, 0.1) is 18.1 Å². The molecule has 0 amide bonds.